The molecular formula is C14H24N2O4. The lowest BCUT2D eigenvalue weighted by Gasteiger charge is -2.40. The van der Waals surface area contributed by atoms with Gasteiger partial charge in [0, 0.05) is 25.7 Å². The van der Waals surface area contributed by atoms with Gasteiger partial charge in [0.2, 0.25) is 0 Å². The highest BCUT2D eigenvalue weighted by molar-refractivity contribution is 5.75. The van der Waals surface area contributed by atoms with Gasteiger partial charge in [-0.25, -0.2) is 9.59 Å². The Balaban J connectivity index is 1.78. The smallest absolute Gasteiger partial charge is 0.329 e. The van der Waals surface area contributed by atoms with Crippen LogP contribution in [0.5, 0.6) is 0 Å². The number of nitrogens with zero attached hydrogens (tertiary/aromatic N) is 2. The quantitative estimate of drug-likeness (QED) is 0.853. The Bertz CT molecular complexity index is 353. The molecule has 2 amide bonds. The Kier molecular flexibility index (Phi) is 5.23. The molecule has 1 unspecified atom stereocenters. The normalized spacial score (nSPS) is 24.8. The fourth-order valence-corrected chi connectivity index (χ4v) is 2.97. The zero-order chi connectivity index (χ0) is 14.5. The Labute approximate surface area is 119 Å². The minimum atomic E-state index is -0.939. The maximum Gasteiger partial charge on any atom is 0.329 e. The van der Waals surface area contributed by atoms with Crippen molar-refractivity contribution in [1.82, 2.24) is 9.80 Å². The second kappa shape index (κ2) is 6.92. The molecule has 0 spiro atoms. The first-order chi connectivity index (χ1) is 9.58. The van der Waals surface area contributed by atoms with Crippen molar-refractivity contribution in [2.75, 3.05) is 26.2 Å². The van der Waals surface area contributed by atoms with E-state index in [1.165, 1.54) is 6.42 Å². The van der Waals surface area contributed by atoms with Crippen molar-refractivity contribution >= 4 is 12.0 Å². The molecule has 6 nitrogen and oxygen atoms in total. The first-order valence-electron chi connectivity index (χ1n) is 7.47. The standard InChI is InChI=1S/C14H24N2O4/c1-11-4-2-3-7-16(11)14(19)15-8-5-12(6-9-15)20-10-13(17)18/h11-12H,2-10H2,1H3,(H,17,18). The summed E-state index contributed by atoms with van der Waals surface area (Å²) >= 11 is 0. The van der Waals surface area contributed by atoms with Crippen molar-refractivity contribution in [3.05, 3.63) is 0 Å². The second-order valence-corrected chi connectivity index (χ2v) is 5.71. The fourth-order valence-electron chi connectivity index (χ4n) is 2.97. The van der Waals surface area contributed by atoms with E-state index in [0.717, 1.165) is 32.2 Å². The van der Waals surface area contributed by atoms with Crippen LogP contribution in [-0.4, -0.2) is 65.3 Å². The summed E-state index contributed by atoms with van der Waals surface area (Å²) in [5, 5.41) is 8.59. The second-order valence-electron chi connectivity index (χ2n) is 5.71. The van der Waals surface area contributed by atoms with Crippen molar-refractivity contribution < 1.29 is 19.4 Å². The number of hydrogen-bond acceptors (Lipinski definition) is 3. The Morgan fingerprint density at radius 3 is 2.45 bits per heavy atom. The first kappa shape index (κ1) is 15.1. The van der Waals surface area contributed by atoms with Crippen molar-refractivity contribution in [2.24, 2.45) is 0 Å². The van der Waals surface area contributed by atoms with Gasteiger partial charge in [0.15, 0.2) is 0 Å². The predicted molar refractivity (Wildman–Crippen MR) is 73.6 cm³/mol. The first-order valence-corrected chi connectivity index (χ1v) is 7.47. The maximum atomic E-state index is 12.5. The number of urea groups is 1. The highest BCUT2D eigenvalue weighted by atomic mass is 16.5. The molecule has 0 aromatic heterocycles. The lowest BCUT2D eigenvalue weighted by atomic mass is 10.0. The number of carbonyl (C=O) groups excluding carboxylic acids is 1. The van der Waals surface area contributed by atoms with Gasteiger partial charge in [0.05, 0.1) is 6.10 Å². The summed E-state index contributed by atoms with van der Waals surface area (Å²) in [5.74, 6) is -0.939. The molecule has 2 rings (SSSR count). The number of amides is 2. The van der Waals surface area contributed by atoms with E-state index in [1.54, 1.807) is 0 Å². The summed E-state index contributed by atoms with van der Waals surface area (Å²) in [6.07, 6.45) is 4.80. The third kappa shape index (κ3) is 3.85. The molecule has 2 aliphatic rings. The van der Waals surface area contributed by atoms with E-state index >= 15 is 0 Å². The van der Waals surface area contributed by atoms with Crippen molar-refractivity contribution in [2.45, 2.75) is 51.2 Å². The van der Waals surface area contributed by atoms with E-state index in [-0.39, 0.29) is 18.7 Å². The Morgan fingerprint density at radius 2 is 1.85 bits per heavy atom. The molecule has 2 aliphatic heterocycles. The van der Waals surface area contributed by atoms with E-state index in [0.29, 0.717) is 19.1 Å². The molecule has 0 aromatic carbocycles. The molecule has 6 heteroatoms. The average molecular weight is 284 g/mol. The maximum absolute atomic E-state index is 12.5. The van der Waals surface area contributed by atoms with Crippen LogP contribution >= 0.6 is 0 Å². The van der Waals surface area contributed by atoms with Crippen LogP contribution in [0.15, 0.2) is 0 Å². The van der Waals surface area contributed by atoms with E-state index in [9.17, 15) is 9.59 Å². The number of hydrogen-bond donors (Lipinski definition) is 1. The topological polar surface area (TPSA) is 70.1 Å². The van der Waals surface area contributed by atoms with Crippen LogP contribution in [0, 0.1) is 0 Å². The van der Waals surface area contributed by atoms with Gasteiger partial charge < -0.3 is 19.6 Å². The summed E-state index contributed by atoms with van der Waals surface area (Å²) in [7, 11) is 0. The summed E-state index contributed by atoms with van der Waals surface area (Å²) in [4.78, 5) is 26.8. The van der Waals surface area contributed by atoms with Gasteiger partial charge in [0.1, 0.15) is 6.61 Å². The molecule has 0 aliphatic carbocycles. The summed E-state index contributed by atoms with van der Waals surface area (Å²) < 4.78 is 5.29. The van der Waals surface area contributed by atoms with Crippen LogP contribution in [0.1, 0.15) is 39.0 Å². The van der Waals surface area contributed by atoms with E-state index in [4.69, 9.17) is 9.84 Å². The SMILES string of the molecule is CC1CCCCN1C(=O)N1CCC(OCC(=O)O)CC1. The molecule has 114 valence electrons. The number of rotatable bonds is 3. The Hall–Kier alpha value is -1.30. The molecular weight excluding hydrogens is 260 g/mol. The van der Waals surface area contributed by atoms with Crippen LogP contribution < -0.4 is 0 Å². The van der Waals surface area contributed by atoms with Gasteiger partial charge in [-0.1, -0.05) is 0 Å². The molecule has 2 heterocycles. The molecule has 1 N–H and O–H groups in total. The van der Waals surface area contributed by atoms with Crippen LogP contribution in [-0.2, 0) is 9.53 Å². The zero-order valence-corrected chi connectivity index (χ0v) is 12.1. The highest BCUT2D eigenvalue weighted by Crippen LogP contribution is 2.21. The molecule has 0 aromatic rings. The fraction of sp³-hybridized carbons (Fsp3) is 0.857. The minimum Gasteiger partial charge on any atom is -0.480 e. The highest BCUT2D eigenvalue weighted by Gasteiger charge is 2.30. The number of aliphatic carboxylic acids is 1. The number of carboxylic acids is 1. The van der Waals surface area contributed by atoms with Gasteiger partial charge in [-0.3, -0.25) is 0 Å². The zero-order valence-electron chi connectivity index (χ0n) is 12.1. The Morgan fingerprint density at radius 1 is 1.15 bits per heavy atom. The molecule has 2 saturated heterocycles. The predicted octanol–water partition coefficient (Wildman–Crippen LogP) is 1.55. The molecule has 1 atom stereocenters. The lowest BCUT2D eigenvalue weighted by molar-refractivity contribution is -0.145. The summed E-state index contributed by atoms with van der Waals surface area (Å²) in [5.41, 5.74) is 0. The molecule has 2 fully saturated rings. The van der Waals surface area contributed by atoms with Crippen molar-refractivity contribution in [1.29, 1.82) is 0 Å². The van der Waals surface area contributed by atoms with Crippen LogP contribution in [0.2, 0.25) is 0 Å². The molecule has 0 radical (unpaired) electrons. The van der Waals surface area contributed by atoms with Crippen LogP contribution in [0.4, 0.5) is 4.79 Å². The molecule has 0 saturated carbocycles. The number of piperidine rings is 2. The minimum absolute atomic E-state index is 0.0334. The van der Waals surface area contributed by atoms with Gasteiger partial charge in [-0.05, 0) is 39.0 Å². The number of carbonyl (C=O) groups is 2. The number of ether oxygens (including phenoxy) is 1. The summed E-state index contributed by atoms with van der Waals surface area (Å²) in [6.45, 7) is 4.04. The van der Waals surface area contributed by atoms with Gasteiger partial charge >= 0.3 is 12.0 Å². The molecule has 0 bridgehead atoms. The van der Waals surface area contributed by atoms with Crippen LogP contribution in [0.3, 0.4) is 0 Å². The third-order valence-corrected chi connectivity index (χ3v) is 4.20. The largest absolute Gasteiger partial charge is 0.480 e. The number of likely N-dealkylation sites (tertiary alicyclic amines) is 2. The van der Waals surface area contributed by atoms with E-state index < -0.39 is 5.97 Å². The average Bonchev–Trinajstić information content (AvgIpc) is 2.45. The molecule has 20 heavy (non-hydrogen) atoms. The van der Waals surface area contributed by atoms with Crippen molar-refractivity contribution in [3.63, 3.8) is 0 Å². The van der Waals surface area contributed by atoms with E-state index in [1.807, 2.05) is 9.80 Å². The van der Waals surface area contributed by atoms with E-state index in [2.05, 4.69) is 6.92 Å². The van der Waals surface area contributed by atoms with Crippen LogP contribution in [0.25, 0.3) is 0 Å². The van der Waals surface area contributed by atoms with Gasteiger partial charge in [-0.2, -0.15) is 0 Å². The van der Waals surface area contributed by atoms with Crippen molar-refractivity contribution in [3.8, 4) is 0 Å². The third-order valence-electron chi connectivity index (χ3n) is 4.20. The van der Waals surface area contributed by atoms with Gasteiger partial charge in [0.25, 0.3) is 0 Å². The van der Waals surface area contributed by atoms with Gasteiger partial charge in [-0.15, -0.1) is 0 Å². The monoisotopic (exact) mass is 284 g/mol. The lowest BCUT2D eigenvalue weighted by Crippen LogP contribution is -2.52. The summed E-state index contributed by atoms with van der Waals surface area (Å²) in [6, 6.07) is 0.464. The number of carboxylic acid groups (broad SMARTS) is 1.